The van der Waals surface area contributed by atoms with Crippen LogP contribution in [0.1, 0.15) is 23.5 Å². The monoisotopic (exact) mass is 540 g/mol. The van der Waals surface area contributed by atoms with Crippen LogP contribution in [0.2, 0.25) is 0 Å². The fraction of sp³-hybridized carbons (Fsp3) is 0.364. The molecule has 0 aromatic heterocycles. The third kappa shape index (κ3) is 5.93. The number of guanidine groups is 1. The minimum atomic E-state index is 0. The summed E-state index contributed by atoms with van der Waals surface area (Å²) < 4.78 is 16.2. The highest BCUT2D eigenvalue weighted by Gasteiger charge is 2.24. The van der Waals surface area contributed by atoms with Gasteiger partial charge in [0.15, 0.2) is 17.5 Å². The standard InChI is InChI=1S/C22H28N4O4.HI/c1-23-22(24-12-14-9-18(28-2)21(30-4)19(10-14)29-3)25-13-15-11-20(27)26-17-8-6-5-7-16(15)17;/h5-10,15H,11-13H2,1-4H3,(H,26,27)(H2,23,24,25);1H. The molecule has 2 aromatic carbocycles. The average Bonchev–Trinajstić information content (AvgIpc) is 2.77. The fourth-order valence-electron chi connectivity index (χ4n) is 3.55. The van der Waals surface area contributed by atoms with Gasteiger partial charge in [0, 0.05) is 38.2 Å². The smallest absolute Gasteiger partial charge is 0.225 e. The molecule has 0 radical (unpaired) electrons. The second-order valence-electron chi connectivity index (χ2n) is 6.88. The minimum absolute atomic E-state index is 0. The molecule has 1 atom stereocenters. The molecule has 1 unspecified atom stereocenters. The molecule has 8 nitrogen and oxygen atoms in total. The maximum atomic E-state index is 12.0. The molecule has 2 aromatic rings. The quantitative estimate of drug-likeness (QED) is 0.284. The average molecular weight is 540 g/mol. The zero-order valence-electron chi connectivity index (χ0n) is 18.2. The van der Waals surface area contributed by atoms with Crippen LogP contribution in [0.3, 0.4) is 0 Å². The van der Waals surface area contributed by atoms with Crippen molar-refractivity contribution in [2.45, 2.75) is 18.9 Å². The molecule has 0 fully saturated rings. The Morgan fingerprint density at radius 2 is 1.77 bits per heavy atom. The van der Waals surface area contributed by atoms with Gasteiger partial charge in [-0.3, -0.25) is 9.79 Å². The molecule has 0 spiro atoms. The Hall–Kier alpha value is -2.69. The van der Waals surface area contributed by atoms with Crippen molar-refractivity contribution in [1.82, 2.24) is 10.6 Å². The molecule has 9 heteroatoms. The number of halogens is 1. The van der Waals surface area contributed by atoms with Crippen LogP contribution in [-0.4, -0.2) is 46.8 Å². The van der Waals surface area contributed by atoms with Crippen molar-refractivity contribution in [2.75, 3.05) is 40.2 Å². The normalized spacial score (nSPS) is 15.2. The summed E-state index contributed by atoms with van der Waals surface area (Å²) in [5, 5.41) is 9.53. The first-order chi connectivity index (χ1) is 14.6. The largest absolute Gasteiger partial charge is 0.493 e. The van der Waals surface area contributed by atoms with Crippen LogP contribution in [0.5, 0.6) is 17.2 Å². The molecule has 168 valence electrons. The number of benzene rings is 2. The van der Waals surface area contributed by atoms with E-state index < -0.39 is 0 Å². The first-order valence-electron chi connectivity index (χ1n) is 9.71. The molecule has 1 aliphatic heterocycles. The van der Waals surface area contributed by atoms with Gasteiger partial charge in [-0.15, -0.1) is 24.0 Å². The highest BCUT2D eigenvalue weighted by molar-refractivity contribution is 14.0. The number of fused-ring (bicyclic) bond motifs is 1. The highest BCUT2D eigenvalue weighted by Crippen LogP contribution is 2.38. The van der Waals surface area contributed by atoms with E-state index in [1.807, 2.05) is 36.4 Å². The summed E-state index contributed by atoms with van der Waals surface area (Å²) >= 11 is 0. The molecule has 3 rings (SSSR count). The third-order valence-electron chi connectivity index (χ3n) is 5.03. The van der Waals surface area contributed by atoms with Crippen molar-refractivity contribution < 1.29 is 19.0 Å². The van der Waals surface area contributed by atoms with Crippen LogP contribution in [0.15, 0.2) is 41.4 Å². The zero-order chi connectivity index (χ0) is 21.5. The Morgan fingerprint density at radius 3 is 2.39 bits per heavy atom. The zero-order valence-corrected chi connectivity index (χ0v) is 20.5. The van der Waals surface area contributed by atoms with Crippen molar-refractivity contribution in [3.8, 4) is 17.2 Å². The Labute approximate surface area is 199 Å². The predicted molar refractivity (Wildman–Crippen MR) is 132 cm³/mol. The summed E-state index contributed by atoms with van der Waals surface area (Å²) in [6, 6.07) is 11.7. The van der Waals surface area contributed by atoms with Gasteiger partial charge in [0.2, 0.25) is 11.7 Å². The van der Waals surface area contributed by atoms with Gasteiger partial charge < -0.3 is 30.2 Å². The van der Waals surface area contributed by atoms with E-state index in [-0.39, 0.29) is 35.8 Å². The number of rotatable bonds is 7. The van der Waals surface area contributed by atoms with Gasteiger partial charge in [0.05, 0.1) is 21.3 Å². The number of carbonyl (C=O) groups is 1. The second kappa shape index (κ2) is 11.6. The van der Waals surface area contributed by atoms with Crippen molar-refractivity contribution in [1.29, 1.82) is 0 Å². The summed E-state index contributed by atoms with van der Waals surface area (Å²) in [6.07, 6.45) is 0.438. The number of methoxy groups -OCH3 is 3. The molecular formula is C22H29IN4O4. The van der Waals surface area contributed by atoms with E-state index in [0.29, 0.717) is 42.7 Å². The SMILES string of the molecule is CN=C(NCc1cc(OC)c(OC)c(OC)c1)NCC1CC(=O)Nc2ccccc21.I. The van der Waals surface area contributed by atoms with Crippen LogP contribution in [-0.2, 0) is 11.3 Å². The summed E-state index contributed by atoms with van der Waals surface area (Å²) in [6.45, 7) is 1.11. The molecule has 1 aliphatic rings. The highest BCUT2D eigenvalue weighted by atomic mass is 127. The summed E-state index contributed by atoms with van der Waals surface area (Å²) in [5.74, 6) is 2.51. The number of ether oxygens (including phenoxy) is 3. The number of aliphatic imine (C=N–C) groups is 1. The Morgan fingerprint density at radius 1 is 1.10 bits per heavy atom. The van der Waals surface area contributed by atoms with Gasteiger partial charge in [0.1, 0.15) is 0 Å². The molecule has 1 heterocycles. The molecular weight excluding hydrogens is 511 g/mol. The van der Waals surface area contributed by atoms with Crippen LogP contribution in [0, 0.1) is 0 Å². The number of nitrogens with zero attached hydrogens (tertiary/aromatic N) is 1. The number of hydrogen-bond acceptors (Lipinski definition) is 5. The number of amides is 1. The van der Waals surface area contributed by atoms with Crippen molar-refractivity contribution in [3.63, 3.8) is 0 Å². The number of carbonyl (C=O) groups excluding carboxylic acids is 1. The van der Waals surface area contributed by atoms with Gasteiger partial charge in [0.25, 0.3) is 0 Å². The summed E-state index contributed by atoms with van der Waals surface area (Å²) in [7, 11) is 6.47. The van der Waals surface area contributed by atoms with Crippen molar-refractivity contribution in [2.24, 2.45) is 4.99 Å². The molecule has 3 N–H and O–H groups in total. The lowest BCUT2D eigenvalue weighted by molar-refractivity contribution is -0.116. The van der Waals surface area contributed by atoms with Gasteiger partial charge in [-0.1, -0.05) is 18.2 Å². The van der Waals surface area contributed by atoms with Crippen LogP contribution >= 0.6 is 24.0 Å². The maximum absolute atomic E-state index is 12.0. The van der Waals surface area contributed by atoms with E-state index in [9.17, 15) is 4.79 Å². The minimum Gasteiger partial charge on any atom is -0.493 e. The first kappa shape index (κ1) is 24.6. The van der Waals surface area contributed by atoms with E-state index in [1.54, 1.807) is 28.4 Å². The van der Waals surface area contributed by atoms with Gasteiger partial charge >= 0.3 is 0 Å². The lowest BCUT2D eigenvalue weighted by atomic mass is 9.90. The Balaban J connectivity index is 0.00000341. The summed E-state index contributed by atoms with van der Waals surface area (Å²) in [5.41, 5.74) is 2.96. The molecule has 1 amide bonds. The van der Waals surface area contributed by atoms with E-state index in [0.717, 1.165) is 16.8 Å². The fourth-order valence-corrected chi connectivity index (χ4v) is 3.55. The number of anilines is 1. The molecule has 31 heavy (non-hydrogen) atoms. The van der Waals surface area contributed by atoms with Gasteiger partial charge in [-0.05, 0) is 29.3 Å². The van der Waals surface area contributed by atoms with Crippen LogP contribution in [0.4, 0.5) is 5.69 Å². The van der Waals surface area contributed by atoms with Gasteiger partial charge in [-0.25, -0.2) is 0 Å². The third-order valence-corrected chi connectivity index (χ3v) is 5.03. The lowest BCUT2D eigenvalue weighted by Gasteiger charge is -2.26. The topological polar surface area (TPSA) is 93.2 Å². The van der Waals surface area contributed by atoms with Crippen LogP contribution in [0.25, 0.3) is 0 Å². The number of nitrogens with one attached hydrogen (secondary N) is 3. The van der Waals surface area contributed by atoms with Crippen LogP contribution < -0.4 is 30.2 Å². The molecule has 0 bridgehead atoms. The Bertz CT molecular complexity index is 910. The van der Waals surface area contributed by atoms with E-state index in [4.69, 9.17) is 14.2 Å². The van der Waals surface area contributed by atoms with Crippen molar-refractivity contribution >= 4 is 41.5 Å². The first-order valence-corrected chi connectivity index (χ1v) is 9.71. The maximum Gasteiger partial charge on any atom is 0.225 e. The van der Waals surface area contributed by atoms with E-state index >= 15 is 0 Å². The number of hydrogen-bond donors (Lipinski definition) is 3. The van der Waals surface area contributed by atoms with Crippen molar-refractivity contribution in [3.05, 3.63) is 47.5 Å². The number of para-hydroxylation sites is 1. The predicted octanol–water partition coefficient (Wildman–Crippen LogP) is 3.12. The van der Waals surface area contributed by atoms with E-state index in [1.165, 1.54) is 0 Å². The summed E-state index contributed by atoms with van der Waals surface area (Å²) in [4.78, 5) is 16.3. The molecule has 0 aliphatic carbocycles. The lowest BCUT2D eigenvalue weighted by Crippen LogP contribution is -2.40. The molecule has 0 saturated carbocycles. The second-order valence-corrected chi connectivity index (χ2v) is 6.88. The Kier molecular flexibility index (Phi) is 9.22. The van der Waals surface area contributed by atoms with E-state index in [2.05, 4.69) is 20.9 Å². The molecule has 0 saturated heterocycles. The van der Waals surface area contributed by atoms with Gasteiger partial charge in [-0.2, -0.15) is 0 Å².